The van der Waals surface area contributed by atoms with Crippen LogP contribution in [-0.4, -0.2) is 16.1 Å². The van der Waals surface area contributed by atoms with Gasteiger partial charge in [0.25, 0.3) is 6.43 Å². The van der Waals surface area contributed by atoms with Gasteiger partial charge in [-0.2, -0.15) is 13.2 Å². The Labute approximate surface area is 95.8 Å². The van der Waals surface area contributed by atoms with Crippen LogP contribution in [0.2, 0.25) is 5.02 Å². The zero-order valence-electron chi connectivity index (χ0n) is 7.73. The number of rotatable bonds is 2. The first kappa shape index (κ1) is 13.6. The minimum absolute atomic E-state index is 0.310. The molecule has 0 saturated carbocycles. The lowest BCUT2D eigenvalue weighted by atomic mass is 10.2. The van der Waals surface area contributed by atoms with Crippen LogP contribution in [0.15, 0.2) is 6.07 Å². The minimum atomic E-state index is -5.10. The molecule has 0 aliphatic heterocycles. The van der Waals surface area contributed by atoms with E-state index in [1.165, 1.54) is 0 Å². The Balaban J connectivity index is 3.55. The maximum absolute atomic E-state index is 12.4. The molecule has 3 nitrogen and oxygen atoms in total. The number of hydrogen-bond acceptors (Lipinski definition) is 2. The largest absolute Gasteiger partial charge is 0.477 e. The third-order valence-electron chi connectivity index (χ3n) is 1.71. The van der Waals surface area contributed by atoms with Crippen molar-refractivity contribution in [1.29, 1.82) is 0 Å². The zero-order chi connectivity index (χ0) is 13.4. The molecule has 17 heavy (non-hydrogen) atoms. The number of carboxylic acid groups (broad SMARTS) is 1. The van der Waals surface area contributed by atoms with E-state index in [0.29, 0.717) is 6.07 Å². The monoisotopic (exact) mass is 275 g/mol. The molecule has 0 radical (unpaired) electrons. The van der Waals surface area contributed by atoms with E-state index in [1.807, 2.05) is 0 Å². The highest BCUT2D eigenvalue weighted by molar-refractivity contribution is 6.32. The number of hydrogen-bond donors (Lipinski definition) is 1. The second-order valence-electron chi connectivity index (χ2n) is 2.86. The van der Waals surface area contributed by atoms with Crippen molar-refractivity contribution in [2.75, 3.05) is 0 Å². The summed E-state index contributed by atoms with van der Waals surface area (Å²) in [4.78, 5) is 13.1. The van der Waals surface area contributed by atoms with Gasteiger partial charge in [0.1, 0.15) is 5.69 Å². The lowest BCUT2D eigenvalue weighted by molar-refractivity contribution is -0.141. The maximum Gasteiger partial charge on any atom is 0.434 e. The van der Waals surface area contributed by atoms with Crippen molar-refractivity contribution in [2.45, 2.75) is 12.6 Å². The van der Waals surface area contributed by atoms with Gasteiger partial charge in [-0.25, -0.2) is 18.6 Å². The third-order valence-corrected chi connectivity index (χ3v) is 2.11. The molecule has 0 aromatic carbocycles. The van der Waals surface area contributed by atoms with Crippen molar-refractivity contribution in [3.8, 4) is 0 Å². The van der Waals surface area contributed by atoms with Gasteiger partial charge in [0.15, 0.2) is 5.69 Å². The van der Waals surface area contributed by atoms with Gasteiger partial charge >= 0.3 is 12.1 Å². The molecule has 0 unspecified atom stereocenters. The molecule has 0 fully saturated rings. The number of halogens is 6. The fraction of sp³-hybridized carbons (Fsp3) is 0.250. The molecule has 0 saturated heterocycles. The number of aromatic nitrogens is 1. The Kier molecular flexibility index (Phi) is 3.56. The lowest BCUT2D eigenvalue weighted by Crippen LogP contribution is -2.14. The SMILES string of the molecule is O=C(O)c1cc(C(F)F)c(Cl)c(C(F)(F)F)n1. The summed E-state index contributed by atoms with van der Waals surface area (Å²) < 4.78 is 61.8. The van der Waals surface area contributed by atoms with E-state index < -0.39 is 40.5 Å². The summed E-state index contributed by atoms with van der Waals surface area (Å²) in [5, 5.41) is 7.16. The number of aromatic carboxylic acids is 1. The first-order valence-corrected chi connectivity index (χ1v) is 4.31. The van der Waals surface area contributed by atoms with Crippen LogP contribution in [0.4, 0.5) is 22.0 Å². The predicted octanol–water partition coefficient (Wildman–Crippen LogP) is 3.39. The highest BCUT2D eigenvalue weighted by Gasteiger charge is 2.38. The predicted molar refractivity (Wildman–Crippen MR) is 46.2 cm³/mol. The van der Waals surface area contributed by atoms with Crippen molar-refractivity contribution >= 4 is 17.6 Å². The highest BCUT2D eigenvalue weighted by Crippen LogP contribution is 2.38. The first-order chi connectivity index (χ1) is 7.64. The van der Waals surface area contributed by atoms with Crippen LogP contribution < -0.4 is 0 Å². The van der Waals surface area contributed by atoms with Crippen LogP contribution in [0.3, 0.4) is 0 Å². The summed E-state index contributed by atoms with van der Waals surface area (Å²) in [6.07, 6.45) is -8.43. The Morgan fingerprint density at radius 2 is 1.94 bits per heavy atom. The summed E-state index contributed by atoms with van der Waals surface area (Å²) in [5.74, 6) is -1.85. The molecule has 1 aromatic rings. The molecule has 94 valence electrons. The van der Waals surface area contributed by atoms with Gasteiger partial charge in [0.05, 0.1) is 5.02 Å². The number of alkyl halides is 5. The molecule has 1 rings (SSSR count). The van der Waals surface area contributed by atoms with Crippen molar-refractivity contribution in [3.05, 3.63) is 28.0 Å². The van der Waals surface area contributed by atoms with Crippen molar-refractivity contribution in [2.24, 2.45) is 0 Å². The molecule has 1 heterocycles. The maximum atomic E-state index is 12.4. The van der Waals surface area contributed by atoms with Crippen molar-refractivity contribution < 1.29 is 31.9 Å². The number of carbonyl (C=O) groups is 1. The molecule has 0 aliphatic rings. The van der Waals surface area contributed by atoms with Gasteiger partial charge in [0.2, 0.25) is 0 Å². The minimum Gasteiger partial charge on any atom is -0.477 e. The van der Waals surface area contributed by atoms with Crippen LogP contribution in [0.5, 0.6) is 0 Å². The molecule has 0 aliphatic carbocycles. The van der Waals surface area contributed by atoms with Crippen molar-refractivity contribution in [3.63, 3.8) is 0 Å². The number of carboxylic acids is 1. The average Bonchev–Trinajstić information content (AvgIpc) is 2.15. The highest BCUT2D eigenvalue weighted by atomic mass is 35.5. The van der Waals surface area contributed by atoms with E-state index in [9.17, 15) is 26.7 Å². The molecule has 0 amide bonds. The summed E-state index contributed by atoms with van der Waals surface area (Å²) >= 11 is 5.11. The van der Waals surface area contributed by atoms with E-state index in [2.05, 4.69) is 4.98 Å². The normalized spacial score (nSPS) is 11.9. The Morgan fingerprint density at radius 3 is 2.29 bits per heavy atom. The van der Waals surface area contributed by atoms with Gasteiger partial charge in [-0.05, 0) is 6.07 Å². The molecule has 0 bridgehead atoms. The smallest absolute Gasteiger partial charge is 0.434 e. The van der Waals surface area contributed by atoms with Gasteiger partial charge < -0.3 is 5.11 Å². The molecule has 0 spiro atoms. The van der Waals surface area contributed by atoms with Crippen molar-refractivity contribution in [1.82, 2.24) is 4.98 Å². The second kappa shape index (κ2) is 4.44. The van der Waals surface area contributed by atoms with E-state index in [4.69, 9.17) is 16.7 Å². The molecule has 9 heteroatoms. The fourth-order valence-corrected chi connectivity index (χ4v) is 1.29. The van der Waals surface area contributed by atoms with Gasteiger partial charge in [-0.15, -0.1) is 0 Å². The van der Waals surface area contributed by atoms with Gasteiger partial charge in [0, 0.05) is 5.56 Å². The second-order valence-corrected chi connectivity index (χ2v) is 3.24. The standard InChI is InChI=1S/C8H3ClF5NO2/c9-4-2(6(10)11)1-3(7(16)17)15-5(4)8(12,13)14/h1,6H,(H,16,17). The third kappa shape index (κ3) is 2.82. The topological polar surface area (TPSA) is 50.2 Å². The van der Waals surface area contributed by atoms with Crippen LogP contribution in [0.25, 0.3) is 0 Å². The summed E-state index contributed by atoms with van der Waals surface area (Å²) in [7, 11) is 0. The van der Waals surface area contributed by atoms with E-state index in [-0.39, 0.29) is 0 Å². The Bertz CT molecular complexity index is 460. The summed E-state index contributed by atoms with van der Waals surface area (Å²) in [5.41, 5.74) is -4.20. The molecular weight excluding hydrogens is 273 g/mol. The number of pyridine rings is 1. The summed E-state index contributed by atoms with van der Waals surface area (Å²) in [6, 6.07) is 0.310. The fourth-order valence-electron chi connectivity index (χ4n) is 1.01. The van der Waals surface area contributed by atoms with E-state index in [0.717, 1.165) is 0 Å². The molecule has 1 aromatic heterocycles. The van der Waals surface area contributed by atoms with E-state index >= 15 is 0 Å². The van der Waals surface area contributed by atoms with Crippen LogP contribution in [0, 0.1) is 0 Å². The van der Waals surface area contributed by atoms with E-state index in [1.54, 1.807) is 0 Å². The zero-order valence-corrected chi connectivity index (χ0v) is 8.48. The first-order valence-electron chi connectivity index (χ1n) is 3.93. The average molecular weight is 276 g/mol. The number of nitrogens with zero attached hydrogens (tertiary/aromatic N) is 1. The quantitative estimate of drug-likeness (QED) is 0.842. The van der Waals surface area contributed by atoms with Crippen LogP contribution in [-0.2, 0) is 6.18 Å². The Morgan fingerprint density at radius 1 is 1.41 bits per heavy atom. The van der Waals surface area contributed by atoms with Gasteiger partial charge in [-0.1, -0.05) is 11.6 Å². The summed E-state index contributed by atoms with van der Waals surface area (Å²) in [6.45, 7) is 0. The molecular formula is C8H3ClF5NO2. The molecule has 1 N–H and O–H groups in total. The van der Waals surface area contributed by atoms with Gasteiger partial charge in [-0.3, -0.25) is 0 Å². The Hall–Kier alpha value is -1.44. The van der Waals surface area contributed by atoms with Crippen LogP contribution in [0.1, 0.15) is 28.2 Å². The lowest BCUT2D eigenvalue weighted by Gasteiger charge is -2.12. The molecule has 0 atom stereocenters. The van der Waals surface area contributed by atoms with Crippen LogP contribution >= 0.6 is 11.6 Å².